The molecule has 1 saturated heterocycles. The van der Waals surface area contributed by atoms with Gasteiger partial charge in [0.25, 0.3) is 0 Å². The van der Waals surface area contributed by atoms with Crippen LogP contribution in [0.15, 0.2) is 72.8 Å². The second-order valence-corrected chi connectivity index (χ2v) is 7.53. The molecule has 1 aliphatic rings. The number of hydrogen-bond donors (Lipinski definition) is 1. The van der Waals surface area contributed by atoms with Crippen molar-refractivity contribution in [2.75, 3.05) is 6.54 Å². The zero-order valence-corrected chi connectivity index (χ0v) is 16.0. The van der Waals surface area contributed by atoms with E-state index in [9.17, 15) is 14.7 Å². The maximum absolute atomic E-state index is 12.6. The summed E-state index contributed by atoms with van der Waals surface area (Å²) in [5.41, 5.74) is 2.03. The third kappa shape index (κ3) is 4.40. The SMILES string of the molecule is O=C(OCc1ccccc1)[C@H]1C[C@H](Cc2ccc3ccccc3c2)CN1C(=O)O. The van der Waals surface area contributed by atoms with Crippen LogP contribution in [0.1, 0.15) is 17.5 Å². The smallest absolute Gasteiger partial charge is 0.408 e. The molecule has 1 heterocycles. The van der Waals surface area contributed by atoms with E-state index in [2.05, 4.69) is 30.3 Å². The number of carboxylic acid groups (broad SMARTS) is 1. The molecule has 2 atom stereocenters. The Morgan fingerprint density at radius 1 is 0.931 bits per heavy atom. The van der Waals surface area contributed by atoms with Crippen LogP contribution in [0.4, 0.5) is 4.79 Å². The van der Waals surface area contributed by atoms with Crippen molar-refractivity contribution in [1.82, 2.24) is 4.90 Å². The molecule has 0 bridgehead atoms. The summed E-state index contributed by atoms with van der Waals surface area (Å²) in [5, 5.41) is 11.9. The van der Waals surface area contributed by atoms with Crippen molar-refractivity contribution in [3.05, 3.63) is 83.9 Å². The van der Waals surface area contributed by atoms with Crippen molar-refractivity contribution in [3.63, 3.8) is 0 Å². The minimum Gasteiger partial charge on any atom is -0.465 e. The van der Waals surface area contributed by atoms with Gasteiger partial charge in [0, 0.05) is 6.54 Å². The number of esters is 1. The van der Waals surface area contributed by atoms with Gasteiger partial charge in [-0.25, -0.2) is 9.59 Å². The lowest BCUT2D eigenvalue weighted by Crippen LogP contribution is -2.40. The van der Waals surface area contributed by atoms with Gasteiger partial charge >= 0.3 is 12.1 Å². The van der Waals surface area contributed by atoms with Gasteiger partial charge in [0.2, 0.25) is 0 Å². The maximum Gasteiger partial charge on any atom is 0.408 e. The number of ether oxygens (including phenoxy) is 1. The molecule has 0 saturated carbocycles. The number of benzene rings is 3. The minimum atomic E-state index is -1.08. The fourth-order valence-electron chi connectivity index (χ4n) is 4.03. The van der Waals surface area contributed by atoms with Gasteiger partial charge in [0.1, 0.15) is 12.6 Å². The van der Waals surface area contributed by atoms with Crippen LogP contribution in [0.3, 0.4) is 0 Å². The molecular weight excluding hydrogens is 366 g/mol. The van der Waals surface area contributed by atoms with E-state index in [1.54, 1.807) is 0 Å². The molecule has 0 unspecified atom stereocenters. The summed E-state index contributed by atoms with van der Waals surface area (Å²) in [6.45, 7) is 0.492. The van der Waals surface area contributed by atoms with Crippen molar-refractivity contribution in [3.8, 4) is 0 Å². The van der Waals surface area contributed by atoms with Gasteiger partial charge in [-0.2, -0.15) is 0 Å². The first-order valence-electron chi connectivity index (χ1n) is 9.78. The standard InChI is InChI=1S/C24H23NO4/c26-23(29-16-17-6-2-1-3-7-17)22-14-19(15-25(22)24(27)28)12-18-10-11-20-8-4-5-9-21(20)13-18/h1-11,13,19,22H,12,14-16H2,(H,27,28)/t19-,22+/m0/s1. The van der Waals surface area contributed by atoms with Gasteiger partial charge in [0.05, 0.1) is 0 Å². The van der Waals surface area contributed by atoms with E-state index in [4.69, 9.17) is 4.74 Å². The van der Waals surface area contributed by atoms with E-state index in [1.165, 1.54) is 10.3 Å². The first-order valence-corrected chi connectivity index (χ1v) is 9.78. The Balaban J connectivity index is 1.43. The Morgan fingerprint density at radius 2 is 1.66 bits per heavy atom. The molecule has 0 radical (unpaired) electrons. The summed E-state index contributed by atoms with van der Waals surface area (Å²) in [7, 11) is 0. The summed E-state index contributed by atoms with van der Waals surface area (Å²) in [4.78, 5) is 25.5. The van der Waals surface area contributed by atoms with Crippen molar-refractivity contribution in [2.45, 2.75) is 25.5 Å². The quantitative estimate of drug-likeness (QED) is 0.653. The summed E-state index contributed by atoms with van der Waals surface area (Å²) >= 11 is 0. The number of rotatable bonds is 5. The number of amides is 1. The number of likely N-dealkylation sites (tertiary alicyclic amines) is 1. The average Bonchev–Trinajstić information content (AvgIpc) is 3.17. The van der Waals surface area contributed by atoms with E-state index in [1.807, 2.05) is 42.5 Å². The van der Waals surface area contributed by atoms with Crippen LogP contribution in [0.2, 0.25) is 0 Å². The number of carbonyl (C=O) groups excluding carboxylic acids is 1. The molecule has 5 heteroatoms. The number of hydrogen-bond acceptors (Lipinski definition) is 3. The average molecular weight is 389 g/mol. The lowest BCUT2D eigenvalue weighted by atomic mass is 9.95. The first kappa shape index (κ1) is 19.0. The summed E-state index contributed by atoms with van der Waals surface area (Å²) in [5.74, 6) is -0.390. The molecule has 1 N–H and O–H groups in total. The Labute approximate surface area is 169 Å². The van der Waals surface area contributed by atoms with E-state index >= 15 is 0 Å². The summed E-state index contributed by atoms with van der Waals surface area (Å²) in [6.07, 6.45) is 0.136. The second-order valence-electron chi connectivity index (χ2n) is 7.53. The highest BCUT2D eigenvalue weighted by molar-refractivity contribution is 5.83. The van der Waals surface area contributed by atoms with Crippen LogP contribution in [0.5, 0.6) is 0 Å². The Hall–Kier alpha value is -3.34. The maximum atomic E-state index is 12.6. The molecule has 5 nitrogen and oxygen atoms in total. The molecule has 0 aromatic heterocycles. The predicted octanol–water partition coefficient (Wildman–Crippen LogP) is 4.49. The predicted molar refractivity (Wildman–Crippen MR) is 111 cm³/mol. The zero-order chi connectivity index (χ0) is 20.2. The highest BCUT2D eigenvalue weighted by atomic mass is 16.5. The van der Waals surface area contributed by atoms with Crippen molar-refractivity contribution < 1.29 is 19.4 Å². The topological polar surface area (TPSA) is 66.8 Å². The molecule has 3 aromatic carbocycles. The molecular formula is C24H23NO4. The molecule has 1 amide bonds. The molecule has 148 valence electrons. The normalized spacial score (nSPS) is 18.7. The lowest BCUT2D eigenvalue weighted by molar-refractivity contribution is -0.149. The molecule has 29 heavy (non-hydrogen) atoms. The van der Waals surface area contributed by atoms with Gasteiger partial charge in [-0.3, -0.25) is 4.90 Å². The largest absolute Gasteiger partial charge is 0.465 e. The molecule has 0 aliphatic carbocycles. The number of nitrogens with zero attached hydrogens (tertiary/aromatic N) is 1. The van der Waals surface area contributed by atoms with Crippen LogP contribution in [-0.2, 0) is 22.6 Å². The Kier molecular flexibility index (Phi) is 5.47. The third-order valence-corrected chi connectivity index (χ3v) is 5.47. The summed E-state index contributed by atoms with van der Waals surface area (Å²) in [6, 6.07) is 23.1. The first-order chi connectivity index (χ1) is 14.1. The van der Waals surface area contributed by atoms with Crippen LogP contribution >= 0.6 is 0 Å². The highest BCUT2D eigenvalue weighted by Crippen LogP contribution is 2.28. The molecule has 4 rings (SSSR count). The van der Waals surface area contributed by atoms with Gasteiger partial charge in [-0.15, -0.1) is 0 Å². The van der Waals surface area contributed by atoms with Crippen LogP contribution in [0, 0.1) is 5.92 Å². The van der Waals surface area contributed by atoms with E-state index < -0.39 is 18.1 Å². The van der Waals surface area contributed by atoms with Gasteiger partial charge in [-0.05, 0) is 40.7 Å². The van der Waals surface area contributed by atoms with Gasteiger partial charge in [0.15, 0.2) is 0 Å². The van der Waals surface area contributed by atoms with Crippen LogP contribution in [-0.4, -0.2) is 34.7 Å². The Bertz CT molecular complexity index is 1020. The van der Waals surface area contributed by atoms with Gasteiger partial charge < -0.3 is 9.84 Å². The Morgan fingerprint density at radius 3 is 2.41 bits per heavy atom. The fourth-order valence-corrected chi connectivity index (χ4v) is 4.03. The number of carbonyl (C=O) groups is 2. The zero-order valence-electron chi connectivity index (χ0n) is 16.0. The van der Waals surface area contributed by atoms with Crippen molar-refractivity contribution >= 4 is 22.8 Å². The lowest BCUT2D eigenvalue weighted by Gasteiger charge is -2.19. The molecule has 0 spiro atoms. The molecule has 1 fully saturated rings. The monoisotopic (exact) mass is 389 g/mol. The molecule has 3 aromatic rings. The molecule has 1 aliphatic heterocycles. The van der Waals surface area contributed by atoms with Crippen molar-refractivity contribution in [2.24, 2.45) is 5.92 Å². The van der Waals surface area contributed by atoms with E-state index in [0.29, 0.717) is 13.0 Å². The fraction of sp³-hybridized carbons (Fsp3) is 0.250. The third-order valence-electron chi connectivity index (χ3n) is 5.47. The van der Waals surface area contributed by atoms with Crippen molar-refractivity contribution in [1.29, 1.82) is 0 Å². The number of fused-ring (bicyclic) bond motifs is 1. The summed E-state index contributed by atoms with van der Waals surface area (Å²) < 4.78 is 5.40. The van der Waals surface area contributed by atoms with E-state index in [-0.39, 0.29) is 12.5 Å². The van der Waals surface area contributed by atoms with Crippen LogP contribution in [0.25, 0.3) is 10.8 Å². The van der Waals surface area contributed by atoms with Crippen LogP contribution < -0.4 is 0 Å². The highest BCUT2D eigenvalue weighted by Gasteiger charge is 2.40. The second kappa shape index (κ2) is 8.35. The van der Waals surface area contributed by atoms with Gasteiger partial charge in [-0.1, -0.05) is 72.8 Å². The van der Waals surface area contributed by atoms with E-state index in [0.717, 1.165) is 22.9 Å². The minimum absolute atomic E-state index is 0.0848.